The predicted octanol–water partition coefficient (Wildman–Crippen LogP) is -0.783. The van der Waals surface area contributed by atoms with Crippen molar-refractivity contribution >= 4 is 10.0 Å². The Balaban J connectivity index is 3.84. The van der Waals surface area contributed by atoms with Crippen molar-refractivity contribution in [2.75, 3.05) is 6.26 Å². The molecule has 0 saturated carbocycles. The molecule has 0 aromatic rings. The number of hydrogen-bond donors (Lipinski definition) is 1. The lowest BCUT2D eigenvalue weighted by atomic mass is 12.0. The quantitative estimate of drug-likeness (QED) is 0.387. The first-order chi connectivity index (χ1) is 3.06. The molecular weight excluding hydrogens is 120 g/mol. The van der Waals surface area contributed by atoms with Crippen molar-refractivity contribution < 1.29 is 8.42 Å². The van der Waals surface area contributed by atoms with E-state index in [2.05, 4.69) is 0 Å². The van der Waals surface area contributed by atoms with Crippen LogP contribution in [0.1, 0.15) is 0 Å². The first kappa shape index (κ1) is 6.35. The summed E-state index contributed by atoms with van der Waals surface area (Å²) in [6.07, 6.45) is 0.842. The summed E-state index contributed by atoms with van der Waals surface area (Å²) in [6, 6.07) is 0. The summed E-state index contributed by atoms with van der Waals surface area (Å²) < 4.78 is 19.7. The topological polar surface area (TPSA) is 75.6 Å². The van der Waals surface area contributed by atoms with Gasteiger partial charge in [0.1, 0.15) is 0 Å². The first-order valence-corrected chi connectivity index (χ1v) is 3.24. The fourth-order valence-electron chi connectivity index (χ4n) is 0.0677. The van der Waals surface area contributed by atoms with Gasteiger partial charge in [0.15, 0.2) is 0 Å². The highest BCUT2D eigenvalue weighted by Crippen LogP contribution is 1.68. The SMILES string of the molecule is CS(=O)(=O)NN=O. The van der Waals surface area contributed by atoms with Gasteiger partial charge in [0.2, 0.25) is 10.0 Å². The van der Waals surface area contributed by atoms with E-state index in [1.165, 1.54) is 4.83 Å². The highest BCUT2D eigenvalue weighted by molar-refractivity contribution is 7.88. The van der Waals surface area contributed by atoms with Crippen molar-refractivity contribution in [2.45, 2.75) is 0 Å². The minimum Gasteiger partial charge on any atom is -0.205 e. The zero-order valence-electron chi connectivity index (χ0n) is 3.58. The summed E-state index contributed by atoms with van der Waals surface area (Å²) in [6.45, 7) is 0. The molecule has 0 aliphatic carbocycles. The molecule has 1 N–H and O–H groups in total. The largest absolute Gasteiger partial charge is 0.247 e. The molecule has 0 atom stereocenters. The Morgan fingerprint density at radius 1 is 1.57 bits per heavy atom. The van der Waals surface area contributed by atoms with Gasteiger partial charge in [-0.3, -0.25) is 0 Å². The lowest BCUT2D eigenvalue weighted by Crippen LogP contribution is -2.13. The molecule has 0 saturated heterocycles. The van der Waals surface area contributed by atoms with Crippen LogP contribution < -0.4 is 4.83 Å². The van der Waals surface area contributed by atoms with Gasteiger partial charge < -0.3 is 0 Å². The standard InChI is InChI=1S/CH4N2O3S/c1-7(5,6)3-2-4/h1H3,(H,3,4). The van der Waals surface area contributed by atoms with Crippen molar-refractivity contribution in [1.82, 2.24) is 4.83 Å². The number of hydrogen-bond acceptors (Lipinski definition) is 4. The van der Waals surface area contributed by atoms with Crippen molar-refractivity contribution in [2.24, 2.45) is 5.29 Å². The molecule has 0 aromatic heterocycles. The Bertz CT molecular complexity index is 146. The van der Waals surface area contributed by atoms with Gasteiger partial charge >= 0.3 is 0 Å². The molecule has 0 aliphatic rings. The van der Waals surface area contributed by atoms with Gasteiger partial charge in [-0.25, -0.2) is 8.42 Å². The molecule has 0 aromatic carbocycles. The average molecular weight is 124 g/mol. The Kier molecular flexibility index (Phi) is 1.70. The Morgan fingerprint density at radius 3 is 2.00 bits per heavy atom. The maximum absolute atomic E-state index is 9.83. The van der Waals surface area contributed by atoms with Crippen LogP contribution in [0.2, 0.25) is 0 Å². The molecule has 0 aliphatic heterocycles. The van der Waals surface area contributed by atoms with Gasteiger partial charge in [-0.15, -0.1) is 4.91 Å². The summed E-state index contributed by atoms with van der Waals surface area (Å²) in [5.74, 6) is 0. The van der Waals surface area contributed by atoms with Crippen molar-refractivity contribution in [3.63, 3.8) is 0 Å². The second-order valence-corrected chi connectivity index (χ2v) is 2.68. The Morgan fingerprint density at radius 2 is 2.00 bits per heavy atom. The molecule has 0 spiro atoms. The van der Waals surface area contributed by atoms with Gasteiger partial charge in [-0.05, 0) is 0 Å². The maximum atomic E-state index is 9.83. The lowest BCUT2D eigenvalue weighted by molar-refractivity contribution is 0.590. The molecule has 7 heavy (non-hydrogen) atoms. The number of nitroso groups, excluding NO2 is 1. The molecule has 0 fully saturated rings. The van der Waals surface area contributed by atoms with Gasteiger partial charge in [-0.2, -0.15) is 4.83 Å². The molecule has 0 amide bonds. The van der Waals surface area contributed by atoms with E-state index >= 15 is 0 Å². The van der Waals surface area contributed by atoms with Gasteiger partial charge in [0.05, 0.1) is 11.5 Å². The highest BCUT2D eigenvalue weighted by Gasteiger charge is 1.93. The van der Waals surface area contributed by atoms with Gasteiger partial charge in [-0.1, -0.05) is 0 Å². The summed E-state index contributed by atoms with van der Waals surface area (Å²) in [5.41, 5.74) is 0. The number of nitrogens with zero attached hydrogens (tertiary/aromatic N) is 1. The zero-order valence-corrected chi connectivity index (χ0v) is 4.40. The molecule has 0 rings (SSSR count). The molecule has 5 nitrogen and oxygen atoms in total. The van der Waals surface area contributed by atoms with Crippen molar-refractivity contribution in [3.8, 4) is 0 Å². The van der Waals surface area contributed by atoms with Crippen LogP contribution in [0.5, 0.6) is 0 Å². The smallest absolute Gasteiger partial charge is 0.205 e. The zero-order chi connectivity index (χ0) is 5.91. The van der Waals surface area contributed by atoms with Gasteiger partial charge in [0.25, 0.3) is 0 Å². The maximum Gasteiger partial charge on any atom is 0.247 e. The fraction of sp³-hybridized carbons (Fsp3) is 1.00. The van der Waals surface area contributed by atoms with Crippen LogP contribution in [0, 0.1) is 4.91 Å². The van der Waals surface area contributed by atoms with E-state index in [9.17, 15) is 8.42 Å². The summed E-state index contributed by atoms with van der Waals surface area (Å²) in [7, 11) is -3.40. The fourth-order valence-corrected chi connectivity index (χ4v) is 0.203. The van der Waals surface area contributed by atoms with Crippen LogP contribution in [-0.2, 0) is 10.0 Å². The van der Waals surface area contributed by atoms with Crippen LogP contribution in [0.25, 0.3) is 0 Å². The van der Waals surface area contributed by atoms with Crippen LogP contribution in [0.3, 0.4) is 0 Å². The minimum atomic E-state index is -3.40. The summed E-state index contributed by atoms with van der Waals surface area (Å²) >= 11 is 0. The second-order valence-electron chi connectivity index (χ2n) is 0.955. The van der Waals surface area contributed by atoms with Crippen LogP contribution in [-0.4, -0.2) is 14.7 Å². The molecule has 0 radical (unpaired) electrons. The molecule has 0 unspecified atom stereocenters. The van der Waals surface area contributed by atoms with E-state index in [1.54, 1.807) is 0 Å². The minimum absolute atomic E-state index is 0.842. The number of nitrogens with one attached hydrogen (secondary N) is 1. The van der Waals surface area contributed by atoms with E-state index in [-0.39, 0.29) is 0 Å². The van der Waals surface area contributed by atoms with E-state index < -0.39 is 10.0 Å². The van der Waals surface area contributed by atoms with E-state index in [1.807, 2.05) is 5.29 Å². The first-order valence-electron chi connectivity index (χ1n) is 1.35. The third-order valence-electron chi connectivity index (χ3n) is 0.203. The van der Waals surface area contributed by atoms with Crippen LogP contribution in [0.15, 0.2) is 5.29 Å². The summed E-state index contributed by atoms with van der Waals surface area (Å²) in [5, 5.41) is 1.92. The van der Waals surface area contributed by atoms with E-state index in [0.717, 1.165) is 6.26 Å². The number of rotatable bonds is 2. The Labute approximate surface area is 40.7 Å². The Hall–Kier alpha value is -0.650. The lowest BCUT2D eigenvalue weighted by Gasteiger charge is -1.84. The molecule has 0 bridgehead atoms. The molecule has 6 heteroatoms. The van der Waals surface area contributed by atoms with E-state index in [4.69, 9.17) is 4.91 Å². The number of sulfonamides is 1. The third-order valence-corrected chi connectivity index (χ3v) is 0.609. The van der Waals surface area contributed by atoms with E-state index in [0.29, 0.717) is 0 Å². The predicted molar refractivity (Wildman–Crippen MR) is 23.8 cm³/mol. The highest BCUT2D eigenvalue weighted by atomic mass is 32.2. The average Bonchev–Trinajstić information content (AvgIpc) is 1.30. The van der Waals surface area contributed by atoms with Gasteiger partial charge in [0, 0.05) is 0 Å². The van der Waals surface area contributed by atoms with Crippen LogP contribution in [0.4, 0.5) is 0 Å². The normalized spacial score (nSPS) is 10.4. The monoisotopic (exact) mass is 124 g/mol. The van der Waals surface area contributed by atoms with Crippen molar-refractivity contribution in [3.05, 3.63) is 4.91 Å². The molecular formula is CH4N2O3S. The second kappa shape index (κ2) is 1.87. The molecule has 42 valence electrons. The van der Waals surface area contributed by atoms with Crippen LogP contribution >= 0.6 is 0 Å². The third kappa shape index (κ3) is 5.35. The van der Waals surface area contributed by atoms with Crippen molar-refractivity contribution in [1.29, 1.82) is 0 Å². The summed E-state index contributed by atoms with van der Waals surface area (Å²) in [4.78, 5) is 10.4. The molecule has 0 heterocycles.